The van der Waals surface area contributed by atoms with Crippen molar-refractivity contribution in [3.63, 3.8) is 0 Å². The van der Waals surface area contributed by atoms with E-state index in [1.165, 1.54) is 4.90 Å². The number of hydrogen-bond acceptors (Lipinski definition) is 13. The summed E-state index contributed by atoms with van der Waals surface area (Å²) in [5.74, 6) is 0.421. The highest BCUT2D eigenvalue weighted by Gasteiger charge is 2.45. The van der Waals surface area contributed by atoms with E-state index >= 15 is 0 Å². The molecule has 0 spiro atoms. The van der Waals surface area contributed by atoms with Crippen LogP contribution < -0.4 is 25.4 Å². The van der Waals surface area contributed by atoms with E-state index in [-0.39, 0.29) is 44.5 Å². The Balaban J connectivity index is 0.835. The Bertz CT molecular complexity index is 2960. The fourth-order valence-electron chi connectivity index (χ4n) is 8.76. The average molecular weight is 1020 g/mol. The van der Waals surface area contributed by atoms with Crippen LogP contribution in [0.15, 0.2) is 83.3 Å². The topological polar surface area (TPSA) is 202 Å². The number of rotatable bonds is 16. The van der Waals surface area contributed by atoms with Gasteiger partial charge in [-0.2, -0.15) is 0 Å². The molecular formula is C52H58ClN9O7S2. The normalized spacial score (nSPS) is 17.3. The second-order valence-electron chi connectivity index (χ2n) is 19.0. The quantitative estimate of drug-likeness (QED) is 0.0701. The molecule has 0 bridgehead atoms. The molecule has 3 aromatic heterocycles. The van der Waals surface area contributed by atoms with Crippen molar-refractivity contribution in [2.45, 2.75) is 98.5 Å². The van der Waals surface area contributed by atoms with Gasteiger partial charge in [0.25, 0.3) is 5.91 Å². The van der Waals surface area contributed by atoms with E-state index in [2.05, 4.69) is 45.0 Å². The molecular weight excluding hydrogens is 962 g/mol. The van der Waals surface area contributed by atoms with Gasteiger partial charge in [0.05, 0.1) is 46.9 Å². The Morgan fingerprint density at radius 1 is 0.915 bits per heavy atom. The molecule has 4 amide bonds. The molecule has 5 atom stereocenters. The molecule has 6 aromatic rings. The summed E-state index contributed by atoms with van der Waals surface area (Å²) < 4.78 is 13.8. The standard InChI is InChI=1S/C52H58ClN9O7S2/c1-28-31(4)71-51-44(28)45(34-16-18-36(53)19-17-34)57-40(48-60-59-32(5)62(48)51)24-42(64)54-20-21-68-38-10-9-11-39(23-38)69-26-43(65)58-47(52(6,7)8)50(67)61-25-37(63)22-41(61)49(66)56-29(2)33-12-14-35(15-13-33)46-30(3)55-27-70-46/h9-19,23,27,29,37,40-41,47,63H,20-22,24-26H2,1-8H3,(H,54,64)(H,56,66)(H,58,65)/t29-,37+,40?,41-,47+/m0/s1. The average Bonchev–Trinajstić information content (AvgIpc) is 4.11. The predicted molar refractivity (Wildman–Crippen MR) is 275 cm³/mol. The van der Waals surface area contributed by atoms with Crippen LogP contribution in [0.1, 0.15) is 97.1 Å². The maximum Gasteiger partial charge on any atom is 0.258 e. The SMILES string of the molecule is Cc1ncsc1-c1ccc([C@H](C)NC(=O)[C@@H]2C[C@@H](O)CN2C(=O)[C@@H](NC(=O)COc2cccc(OCCNC(=O)CC3N=C(c4ccc(Cl)cc4)c4c(sc(C)c4C)-n4c(C)nnc43)c2)C(C)(C)C)cc1. The van der Waals surface area contributed by atoms with Crippen molar-refractivity contribution in [2.75, 3.05) is 26.3 Å². The zero-order valence-electron chi connectivity index (χ0n) is 40.9. The number of carbonyl (C=O) groups excluding carboxylic acids is 4. The Morgan fingerprint density at radius 3 is 2.31 bits per heavy atom. The Kier molecular flexibility index (Phi) is 15.4. The maximum absolute atomic E-state index is 14.2. The summed E-state index contributed by atoms with van der Waals surface area (Å²) in [6, 6.07) is 19.2. The van der Waals surface area contributed by atoms with E-state index in [1.54, 1.807) is 46.9 Å². The number of β-amino-alcohol motifs (C(OH)–C–C–N with tert-alkyl or cyclic N) is 1. The summed E-state index contributed by atoms with van der Waals surface area (Å²) in [6.45, 7) is 15.2. The van der Waals surface area contributed by atoms with Crippen LogP contribution in [0.3, 0.4) is 0 Å². The molecule has 71 heavy (non-hydrogen) atoms. The number of likely N-dealkylation sites (tertiary alicyclic amines) is 1. The van der Waals surface area contributed by atoms with Crippen LogP contribution in [0.4, 0.5) is 0 Å². The first-order valence-corrected chi connectivity index (χ1v) is 25.5. The van der Waals surface area contributed by atoms with Gasteiger partial charge >= 0.3 is 0 Å². The minimum atomic E-state index is -1.03. The van der Waals surface area contributed by atoms with Crippen molar-refractivity contribution < 1.29 is 33.8 Å². The van der Waals surface area contributed by atoms with E-state index in [4.69, 9.17) is 26.1 Å². The number of aliphatic hydroxyl groups is 1. The van der Waals surface area contributed by atoms with E-state index < -0.39 is 54.0 Å². The highest BCUT2D eigenvalue weighted by atomic mass is 35.5. The highest BCUT2D eigenvalue weighted by molar-refractivity contribution is 7.15. The number of hydrogen-bond donors (Lipinski definition) is 4. The lowest BCUT2D eigenvalue weighted by atomic mass is 9.85. The third-order valence-corrected chi connectivity index (χ3v) is 15.1. The van der Waals surface area contributed by atoms with Crippen LogP contribution >= 0.6 is 34.3 Å². The summed E-state index contributed by atoms with van der Waals surface area (Å²) in [4.78, 5) is 68.0. The number of amides is 4. The number of thiazole rings is 1. The lowest BCUT2D eigenvalue weighted by Crippen LogP contribution is -2.58. The number of nitrogens with zero attached hydrogens (tertiary/aromatic N) is 6. The minimum Gasteiger partial charge on any atom is -0.492 e. The summed E-state index contributed by atoms with van der Waals surface area (Å²) >= 11 is 9.46. The molecule has 372 valence electrons. The number of carbonyl (C=O) groups is 4. The first-order valence-electron chi connectivity index (χ1n) is 23.4. The number of halogens is 1. The smallest absolute Gasteiger partial charge is 0.258 e. The molecule has 0 saturated carbocycles. The van der Waals surface area contributed by atoms with Gasteiger partial charge in [0.15, 0.2) is 12.4 Å². The molecule has 4 N–H and O–H groups in total. The van der Waals surface area contributed by atoms with Crippen LogP contribution in [-0.2, 0) is 19.2 Å². The molecule has 3 aromatic carbocycles. The van der Waals surface area contributed by atoms with Crippen molar-refractivity contribution in [1.82, 2.24) is 40.6 Å². The molecule has 1 saturated heterocycles. The molecule has 19 heteroatoms. The molecule has 0 aliphatic carbocycles. The van der Waals surface area contributed by atoms with Gasteiger partial charge in [-0.15, -0.1) is 32.9 Å². The van der Waals surface area contributed by atoms with E-state index in [9.17, 15) is 24.3 Å². The van der Waals surface area contributed by atoms with Crippen LogP contribution in [0.2, 0.25) is 5.02 Å². The molecule has 5 heterocycles. The molecule has 8 rings (SSSR count). The lowest BCUT2D eigenvalue weighted by molar-refractivity contribution is -0.144. The third-order valence-electron chi connectivity index (χ3n) is 12.7. The van der Waals surface area contributed by atoms with E-state index in [1.807, 2.05) is 100 Å². The van der Waals surface area contributed by atoms with Gasteiger partial charge in [-0.25, -0.2) is 4.98 Å². The van der Waals surface area contributed by atoms with Crippen LogP contribution in [0, 0.1) is 33.1 Å². The molecule has 2 aliphatic heterocycles. The van der Waals surface area contributed by atoms with Crippen LogP contribution in [0.25, 0.3) is 15.4 Å². The number of benzene rings is 3. The highest BCUT2D eigenvalue weighted by Crippen LogP contribution is 2.40. The molecule has 16 nitrogen and oxygen atoms in total. The van der Waals surface area contributed by atoms with E-state index in [0.717, 1.165) is 54.0 Å². The Hall–Kier alpha value is -6.47. The first-order chi connectivity index (χ1) is 33.9. The van der Waals surface area contributed by atoms with Crippen molar-refractivity contribution in [3.05, 3.63) is 128 Å². The van der Waals surface area contributed by atoms with Crippen molar-refractivity contribution in [2.24, 2.45) is 10.4 Å². The fourth-order valence-corrected chi connectivity index (χ4v) is 10.9. The lowest BCUT2D eigenvalue weighted by Gasteiger charge is -2.35. The minimum absolute atomic E-state index is 0.0231. The second-order valence-corrected chi connectivity index (χ2v) is 21.4. The molecule has 1 unspecified atom stereocenters. The number of aliphatic hydroxyl groups excluding tert-OH is 1. The second kappa shape index (κ2) is 21.5. The van der Waals surface area contributed by atoms with Gasteiger partial charge in [0.2, 0.25) is 17.7 Å². The predicted octanol–water partition coefficient (Wildman–Crippen LogP) is 7.57. The number of aromatic nitrogens is 4. The van der Waals surface area contributed by atoms with Gasteiger partial charge in [-0.05, 0) is 81.0 Å². The van der Waals surface area contributed by atoms with Crippen molar-refractivity contribution in [3.8, 4) is 26.9 Å². The largest absolute Gasteiger partial charge is 0.492 e. The summed E-state index contributed by atoms with van der Waals surface area (Å²) in [7, 11) is 0. The monoisotopic (exact) mass is 1020 g/mol. The van der Waals surface area contributed by atoms with Crippen LogP contribution in [-0.4, -0.2) is 104 Å². The number of ether oxygens (including phenoxy) is 2. The zero-order chi connectivity index (χ0) is 50.7. The first kappa shape index (κ1) is 50.9. The van der Waals surface area contributed by atoms with Crippen LogP contribution in [0.5, 0.6) is 11.5 Å². The Labute approximate surface area is 425 Å². The summed E-state index contributed by atoms with van der Waals surface area (Å²) in [5, 5.41) is 29.9. The maximum atomic E-state index is 14.2. The van der Waals surface area contributed by atoms with E-state index in [0.29, 0.717) is 28.2 Å². The van der Waals surface area contributed by atoms with Gasteiger partial charge in [-0.3, -0.25) is 28.7 Å². The van der Waals surface area contributed by atoms with Crippen molar-refractivity contribution >= 4 is 63.6 Å². The summed E-state index contributed by atoms with van der Waals surface area (Å²) in [5.41, 5.74) is 7.65. The zero-order valence-corrected chi connectivity index (χ0v) is 43.3. The molecule has 0 radical (unpaired) electrons. The van der Waals surface area contributed by atoms with Crippen molar-refractivity contribution in [1.29, 1.82) is 0 Å². The third kappa shape index (κ3) is 11.5. The molecule has 1 fully saturated rings. The van der Waals surface area contributed by atoms with Gasteiger partial charge in [0, 0.05) is 40.1 Å². The van der Waals surface area contributed by atoms with Gasteiger partial charge in [-0.1, -0.05) is 74.8 Å². The number of thiophene rings is 1. The number of aryl methyl sites for hydroxylation is 3. The Morgan fingerprint density at radius 2 is 1.62 bits per heavy atom. The molecule has 2 aliphatic rings. The number of aliphatic imine (C=N–C) groups is 1. The van der Waals surface area contributed by atoms with Gasteiger partial charge in [0.1, 0.15) is 47.1 Å². The van der Waals surface area contributed by atoms with Gasteiger partial charge < -0.3 is 35.4 Å². The summed E-state index contributed by atoms with van der Waals surface area (Å²) in [6.07, 6.45) is -0.823. The fraction of sp³-hybridized carbons (Fsp3) is 0.385. The number of nitrogens with one attached hydrogen (secondary N) is 3. The number of fused-ring (bicyclic) bond motifs is 3.